The molecule has 0 heterocycles. The summed E-state index contributed by atoms with van der Waals surface area (Å²) in [6.45, 7) is 9.17. The van der Waals surface area contributed by atoms with E-state index in [0.29, 0.717) is 11.8 Å². The van der Waals surface area contributed by atoms with E-state index >= 15 is 0 Å². The van der Waals surface area contributed by atoms with Crippen LogP contribution < -0.4 is 15.5 Å². The smallest absolute Gasteiger partial charge is 0.256 e. The van der Waals surface area contributed by atoms with Gasteiger partial charge >= 0.3 is 0 Å². The van der Waals surface area contributed by atoms with E-state index in [2.05, 4.69) is 29.7 Å². The number of carbonyl (C=O) groups excluding carboxylic acids is 3. The van der Waals surface area contributed by atoms with Crippen molar-refractivity contribution < 1.29 is 23.2 Å². The summed E-state index contributed by atoms with van der Waals surface area (Å²) in [6, 6.07) is 17.0. The first-order chi connectivity index (χ1) is 18.4. The number of carbonyl (C=O) groups is 3. The number of anilines is 1. The molecule has 3 amide bonds. The number of hydrogen-bond donors (Lipinski definition) is 2. The lowest BCUT2D eigenvalue weighted by molar-refractivity contribution is -0.130. The Morgan fingerprint density at radius 2 is 1.38 bits per heavy atom. The van der Waals surface area contributed by atoms with Gasteiger partial charge in [0.15, 0.2) is 0 Å². The quantitative estimate of drug-likeness (QED) is 0.395. The van der Waals surface area contributed by atoms with E-state index in [1.165, 1.54) is 12.5 Å². The molecule has 6 nitrogen and oxygen atoms in total. The Kier molecular flexibility index (Phi) is 9.70. The number of amides is 3. The number of rotatable bonds is 9. The Morgan fingerprint density at radius 3 is 1.90 bits per heavy atom. The topological polar surface area (TPSA) is 78.5 Å². The van der Waals surface area contributed by atoms with Gasteiger partial charge in [0.25, 0.3) is 5.91 Å². The van der Waals surface area contributed by atoms with Gasteiger partial charge in [-0.05, 0) is 80.6 Å². The van der Waals surface area contributed by atoms with Crippen molar-refractivity contribution >= 4 is 23.4 Å². The fraction of sp³-hybridized carbons (Fsp3) is 0.323. The predicted octanol–water partition coefficient (Wildman–Crippen LogP) is 5.19. The van der Waals surface area contributed by atoms with Crippen LogP contribution in [0, 0.1) is 11.6 Å². The molecule has 0 saturated carbocycles. The maximum Gasteiger partial charge on any atom is 0.256 e. The highest BCUT2D eigenvalue weighted by molar-refractivity contribution is 6.17. The zero-order chi connectivity index (χ0) is 28.7. The molecule has 0 aliphatic heterocycles. The van der Waals surface area contributed by atoms with E-state index in [4.69, 9.17) is 0 Å². The molecule has 3 aromatic carbocycles. The second-order valence-electron chi connectivity index (χ2n) is 10.5. The number of imide groups is 1. The second kappa shape index (κ2) is 12.8. The van der Waals surface area contributed by atoms with Crippen LogP contribution in [0.1, 0.15) is 45.7 Å². The average Bonchev–Trinajstić information content (AvgIpc) is 2.87. The van der Waals surface area contributed by atoms with Crippen molar-refractivity contribution in [3.05, 3.63) is 89.5 Å². The standard InChI is InChI=1S/C31H35F2N3O3/c1-6-21-7-9-23(10-8-21)24-11-13-27(14-12-24)36(29(38)19-34-31(3,4)5)30(39)20(2)35-28(37)17-22-15-25(32)18-26(33)16-22/h7-16,18,20,34H,6,17,19H2,1-5H3,(H,35,37)/t20-/m0/s1. The van der Waals surface area contributed by atoms with Crippen molar-refractivity contribution in [2.75, 3.05) is 11.4 Å². The highest BCUT2D eigenvalue weighted by Gasteiger charge is 2.29. The number of halogens is 2. The molecule has 3 rings (SSSR count). The Morgan fingerprint density at radius 1 is 0.846 bits per heavy atom. The molecular weight excluding hydrogens is 500 g/mol. The van der Waals surface area contributed by atoms with Gasteiger partial charge in [-0.15, -0.1) is 0 Å². The minimum Gasteiger partial charge on any atom is -0.344 e. The zero-order valence-corrected chi connectivity index (χ0v) is 23.0. The van der Waals surface area contributed by atoms with Crippen LogP contribution in [0.5, 0.6) is 0 Å². The maximum absolute atomic E-state index is 13.5. The highest BCUT2D eigenvalue weighted by Crippen LogP contribution is 2.25. The molecule has 3 aromatic rings. The summed E-state index contributed by atoms with van der Waals surface area (Å²) >= 11 is 0. The summed E-state index contributed by atoms with van der Waals surface area (Å²) in [7, 11) is 0. The van der Waals surface area contributed by atoms with Crippen LogP contribution in [-0.2, 0) is 27.2 Å². The normalized spacial score (nSPS) is 12.1. The van der Waals surface area contributed by atoms with Crippen molar-refractivity contribution in [2.45, 2.75) is 59.0 Å². The van der Waals surface area contributed by atoms with Gasteiger partial charge < -0.3 is 10.6 Å². The van der Waals surface area contributed by atoms with E-state index in [0.717, 1.165) is 34.6 Å². The highest BCUT2D eigenvalue weighted by atomic mass is 19.1. The minimum absolute atomic E-state index is 0.0985. The number of nitrogens with one attached hydrogen (secondary N) is 2. The van der Waals surface area contributed by atoms with Gasteiger partial charge in [-0.2, -0.15) is 0 Å². The van der Waals surface area contributed by atoms with Gasteiger partial charge in [0.1, 0.15) is 17.7 Å². The third-order valence-corrected chi connectivity index (χ3v) is 6.10. The van der Waals surface area contributed by atoms with Crippen LogP contribution in [0.25, 0.3) is 11.1 Å². The lowest BCUT2D eigenvalue weighted by Gasteiger charge is -2.27. The van der Waals surface area contributed by atoms with E-state index in [1.54, 1.807) is 12.1 Å². The molecule has 0 spiro atoms. The molecule has 0 fully saturated rings. The summed E-state index contributed by atoms with van der Waals surface area (Å²) in [5.41, 5.74) is 3.29. The van der Waals surface area contributed by atoms with Crippen LogP contribution in [-0.4, -0.2) is 35.8 Å². The van der Waals surface area contributed by atoms with Gasteiger partial charge in [0.2, 0.25) is 11.8 Å². The first-order valence-electron chi connectivity index (χ1n) is 12.9. The third kappa shape index (κ3) is 8.55. The predicted molar refractivity (Wildman–Crippen MR) is 149 cm³/mol. The lowest BCUT2D eigenvalue weighted by atomic mass is 10.0. The van der Waals surface area contributed by atoms with Crippen LogP contribution in [0.4, 0.5) is 14.5 Å². The monoisotopic (exact) mass is 535 g/mol. The molecule has 2 N–H and O–H groups in total. The first kappa shape index (κ1) is 29.6. The average molecular weight is 536 g/mol. The summed E-state index contributed by atoms with van der Waals surface area (Å²) in [5, 5.41) is 5.64. The number of nitrogens with zero attached hydrogens (tertiary/aromatic N) is 1. The molecule has 0 aromatic heterocycles. The molecule has 0 unspecified atom stereocenters. The zero-order valence-electron chi connectivity index (χ0n) is 23.0. The van der Waals surface area contributed by atoms with Gasteiger partial charge in [0, 0.05) is 11.6 Å². The number of benzene rings is 3. The van der Waals surface area contributed by atoms with E-state index in [-0.39, 0.29) is 24.1 Å². The summed E-state index contributed by atoms with van der Waals surface area (Å²) in [5.74, 6) is -3.31. The molecule has 0 bridgehead atoms. The molecule has 0 aliphatic rings. The van der Waals surface area contributed by atoms with Crippen LogP contribution in [0.2, 0.25) is 0 Å². The Bertz CT molecular complexity index is 1300. The molecule has 39 heavy (non-hydrogen) atoms. The SMILES string of the molecule is CCc1ccc(-c2ccc(N(C(=O)CNC(C)(C)C)C(=O)[C@H](C)NC(=O)Cc3cc(F)cc(F)c3)cc2)cc1. The largest absolute Gasteiger partial charge is 0.344 e. The Labute approximate surface area is 228 Å². The molecule has 0 radical (unpaired) electrons. The number of aryl methyl sites for hydroxylation is 1. The van der Waals surface area contributed by atoms with Crippen LogP contribution in [0.3, 0.4) is 0 Å². The molecular formula is C31H35F2N3O3. The summed E-state index contributed by atoms with van der Waals surface area (Å²) in [4.78, 5) is 40.3. The van der Waals surface area contributed by atoms with Crippen molar-refractivity contribution in [1.82, 2.24) is 10.6 Å². The van der Waals surface area contributed by atoms with E-state index in [9.17, 15) is 23.2 Å². The summed E-state index contributed by atoms with van der Waals surface area (Å²) < 4.78 is 27.0. The first-order valence-corrected chi connectivity index (χ1v) is 12.9. The fourth-order valence-electron chi connectivity index (χ4n) is 4.00. The molecule has 8 heteroatoms. The summed E-state index contributed by atoms with van der Waals surface area (Å²) in [6.07, 6.45) is 0.617. The molecule has 1 atom stereocenters. The minimum atomic E-state index is -1.07. The van der Waals surface area contributed by atoms with Crippen LogP contribution >= 0.6 is 0 Å². The number of hydrogen-bond acceptors (Lipinski definition) is 4. The lowest BCUT2D eigenvalue weighted by Crippen LogP contribution is -2.53. The molecule has 0 aliphatic carbocycles. The Balaban J connectivity index is 1.81. The molecule has 0 saturated heterocycles. The Hall–Kier alpha value is -3.91. The van der Waals surface area contributed by atoms with Gasteiger partial charge in [-0.3, -0.25) is 14.4 Å². The van der Waals surface area contributed by atoms with Crippen molar-refractivity contribution in [3.8, 4) is 11.1 Å². The van der Waals surface area contributed by atoms with Crippen LogP contribution in [0.15, 0.2) is 66.7 Å². The van der Waals surface area contributed by atoms with E-state index in [1.807, 2.05) is 45.0 Å². The van der Waals surface area contributed by atoms with Gasteiger partial charge in [0.05, 0.1) is 18.7 Å². The van der Waals surface area contributed by atoms with Gasteiger partial charge in [-0.25, -0.2) is 13.7 Å². The van der Waals surface area contributed by atoms with Crippen molar-refractivity contribution in [1.29, 1.82) is 0 Å². The van der Waals surface area contributed by atoms with Crippen molar-refractivity contribution in [2.24, 2.45) is 0 Å². The second-order valence-corrected chi connectivity index (χ2v) is 10.5. The van der Waals surface area contributed by atoms with Crippen molar-refractivity contribution in [3.63, 3.8) is 0 Å². The van der Waals surface area contributed by atoms with E-state index < -0.39 is 35.4 Å². The third-order valence-electron chi connectivity index (χ3n) is 6.10. The molecule has 206 valence electrons. The maximum atomic E-state index is 13.5. The van der Waals surface area contributed by atoms with Gasteiger partial charge in [-0.1, -0.05) is 43.3 Å². The fourth-order valence-corrected chi connectivity index (χ4v) is 4.00.